The molecule has 4 rings (SSSR count). The summed E-state index contributed by atoms with van der Waals surface area (Å²) in [5.41, 5.74) is 1.63. The van der Waals surface area contributed by atoms with Gasteiger partial charge in [-0.3, -0.25) is 9.59 Å². The third-order valence-electron chi connectivity index (χ3n) is 6.64. The molecule has 1 aromatic carbocycles. The predicted octanol–water partition coefficient (Wildman–Crippen LogP) is 3.21. The van der Waals surface area contributed by atoms with Crippen molar-refractivity contribution in [3.8, 4) is 6.07 Å². The molecule has 10 nitrogen and oxygen atoms in total. The van der Waals surface area contributed by atoms with Gasteiger partial charge in [0.1, 0.15) is 11.6 Å². The number of benzene rings is 1. The highest BCUT2D eigenvalue weighted by atomic mass is 16.2. The smallest absolute Gasteiger partial charge is 0.254 e. The highest BCUT2D eigenvalue weighted by Gasteiger charge is 2.28. The van der Waals surface area contributed by atoms with Crippen molar-refractivity contribution in [2.24, 2.45) is 0 Å². The minimum absolute atomic E-state index is 0.0840. The molecule has 2 aromatic rings. The number of piperidine rings is 2. The highest BCUT2D eigenvalue weighted by Crippen LogP contribution is 2.25. The molecule has 34 heavy (non-hydrogen) atoms. The van der Waals surface area contributed by atoms with Crippen molar-refractivity contribution in [2.75, 3.05) is 18.4 Å². The van der Waals surface area contributed by atoms with Crippen LogP contribution in [0.4, 0.5) is 5.69 Å². The molecule has 2 saturated heterocycles. The summed E-state index contributed by atoms with van der Waals surface area (Å²) < 4.78 is 0. The second kappa shape index (κ2) is 10.5. The topological polar surface area (TPSA) is 131 Å². The summed E-state index contributed by atoms with van der Waals surface area (Å²) in [6.45, 7) is 5.54. The molecular weight excluding hydrogens is 432 g/mol. The van der Waals surface area contributed by atoms with Gasteiger partial charge in [-0.1, -0.05) is 0 Å². The molecule has 0 spiro atoms. The Morgan fingerprint density at radius 3 is 2.09 bits per heavy atom. The molecule has 2 aliphatic rings. The number of nitrogens with zero attached hydrogens (tertiary/aromatic N) is 6. The molecular formula is C24H30N8O2. The zero-order valence-electron chi connectivity index (χ0n) is 19.6. The number of carbonyl (C=O) groups excluding carboxylic acids is 2. The standard InChI is InChI=1S/C24H30N8O2/c1-16-7-3-5-9-31(16)23(33)18-11-19(24(34)32-10-6-4-8-17(32)2)13-21(12-18)26-15-20(14-25)22-27-29-30-28-22/h11-13,15-17,26H,3-10H2,1-2H3,(H,27,28,29,30). The predicted molar refractivity (Wildman–Crippen MR) is 127 cm³/mol. The van der Waals surface area contributed by atoms with Crippen molar-refractivity contribution < 1.29 is 9.59 Å². The molecule has 3 heterocycles. The largest absolute Gasteiger partial charge is 0.360 e. The van der Waals surface area contributed by atoms with Gasteiger partial charge < -0.3 is 15.1 Å². The van der Waals surface area contributed by atoms with Crippen molar-refractivity contribution in [1.82, 2.24) is 30.4 Å². The number of aromatic amines is 1. The lowest BCUT2D eigenvalue weighted by Gasteiger charge is -2.34. The van der Waals surface area contributed by atoms with Crippen molar-refractivity contribution in [3.05, 3.63) is 41.4 Å². The number of allylic oxidation sites excluding steroid dienone is 1. The molecule has 2 amide bonds. The van der Waals surface area contributed by atoms with Gasteiger partial charge in [-0.15, -0.1) is 10.2 Å². The number of nitriles is 1. The fourth-order valence-corrected chi connectivity index (χ4v) is 4.67. The average molecular weight is 463 g/mol. The summed E-state index contributed by atoms with van der Waals surface area (Å²) in [5, 5.41) is 26.0. The van der Waals surface area contributed by atoms with Crippen LogP contribution in [0.3, 0.4) is 0 Å². The van der Waals surface area contributed by atoms with E-state index in [9.17, 15) is 14.9 Å². The van der Waals surface area contributed by atoms with Gasteiger partial charge in [0, 0.05) is 48.2 Å². The van der Waals surface area contributed by atoms with E-state index >= 15 is 0 Å². The Balaban J connectivity index is 1.67. The van der Waals surface area contributed by atoms with Gasteiger partial charge in [-0.05, 0) is 75.8 Å². The van der Waals surface area contributed by atoms with E-state index in [4.69, 9.17) is 0 Å². The van der Waals surface area contributed by atoms with E-state index in [1.165, 1.54) is 6.20 Å². The Morgan fingerprint density at radius 1 is 1.03 bits per heavy atom. The summed E-state index contributed by atoms with van der Waals surface area (Å²) in [5.74, 6) is -0.0127. The Morgan fingerprint density at radius 2 is 1.62 bits per heavy atom. The number of anilines is 1. The van der Waals surface area contributed by atoms with Crippen LogP contribution in [0.25, 0.3) is 5.57 Å². The molecule has 2 fully saturated rings. The molecule has 0 saturated carbocycles. The summed E-state index contributed by atoms with van der Waals surface area (Å²) >= 11 is 0. The van der Waals surface area contributed by atoms with Crippen LogP contribution in [0, 0.1) is 11.3 Å². The molecule has 2 N–H and O–H groups in total. The molecule has 2 atom stereocenters. The van der Waals surface area contributed by atoms with Crippen LogP contribution in [0.15, 0.2) is 24.4 Å². The average Bonchev–Trinajstić information content (AvgIpc) is 3.39. The van der Waals surface area contributed by atoms with Gasteiger partial charge in [0.25, 0.3) is 11.8 Å². The zero-order valence-corrected chi connectivity index (χ0v) is 19.6. The van der Waals surface area contributed by atoms with Gasteiger partial charge in [0.05, 0.1) is 0 Å². The summed E-state index contributed by atoms with van der Waals surface area (Å²) in [6, 6.07) is 7.49. The van der Waals surface area contributed by atoms with Gasteiger partial charge >= 0.3 is 0 Å². The Bertz CT molecular complexity index is 1050. The maximum atomic E-state index is 13.4. The molecule has 1 aromatic heterocycles. The Labute approximate surface area is 199 Å². The fraction of sp³-hybridized carbons (Fsp3) is 0.500. The van der Waals surface area contributed by atoms with Gasteiger partial charge in [0.15, 0.2) is 0 Å². The second-order valence-corrected chi connectivity index (χ2v) is 9.04. The first-order chi connectivity index (χ1) is 16.5. The zero-order chi connectivity index (χ0) is 24.1. The second-order valence-electron chi connectivity index (χ2n) is 9.04. The van der Waals surface area contributed by atoms with Crippen LogP contribution in [0.5, 0.6) is 0 Å². The van der Waals surface area contributed by atoms with E-state index in [-0.39, 0.29) is 35.3 Å². The third-order valence-corrected chi connectivity index (χ3v) is 6.64. The quantitative estimate of drug-likeness (QED) is 0.652. The molecule has 2 aliphatic heterocycles. The van der Waals surface area contributed by atoms with Crippen LogP contribution >= 0.6 is 0 Å². The number of H-pyrrole nitrogens is 1. The van der Waals surface area contributed by atoms with Crippen LogP contribution in [0.2, 0.25) is 0 Å². The molecule has 0 aliphatic carbocycles. The van der Waals surface area contributed by atoms with E-state index in [0.29, 0.717) is 29.9 Å². The van der Waals surface area contributed by atoms with E-state index in [2.05, 4.69) is 39.8 Å². The number of hydrogen-bond acceptors (Lipinski definition) is 7. The number of nitrogens with one attached hydrogen (secondary N) is 2. The number of aromatic nitrogens is 4. The number of likely N-dealkylation sites (tertiary alicyclic amines) is 2. The number of hydrogen-bond donors (Lipinski definition) is 2. The highest BCUT2D eigenvalue weighted by molar-refractivity contribution is 6.01. The number of carbonyl (C=O) groups is 2. The molecule has 0 bridgehead atoms. The lowest BCUT2D eigenvalue weighted by atomic mass is 9.99. The summed E-state index contributed by atoms with van der Waals surface area (Å²) in [4.78, 5) is 30.6. The number of amides is 2. The lowest BCUT2D eigenvalue weighted by Crippen LogP contribution is -2.43. The first-order valence-corrected chi connectivity index (χ1v) is 11.9. The minimum atomic E-state index is -0.0840. The Hall–Kier alpha value is -3.74. The number of rotatable bonds is 5. The monoisotopic (exact) mass is 462 g/mol. The van der Waals surface area contributed by atoms with E-state index in [0.717, 1.165) is 38.5 Å². The van der Waals surface area contributed by atoms with E-state index in [1.54, 1.807) is 18.2 Å². The maximum absolute atomic E-state index is 13.4. The van der Waals surface area contributed by atoms with Crippen LogP contribution < -0.4 is 5.32 Å². The summed E-state index contributed by atoms with van der Waals surface area (Å²) in [6.07, 6.45) is 7.57. The van der Waals surface area contributed by atoms with Crippen molar-refractivity contribution >= 4 is 23.1 Å². The Kier molecular flexibility index (Phi) is 7.21. The number of tetrazole rings is 1. The van der Waals surface area contributed by atoms with Crippen molar-refractivity contribution in [3.63, 3.8) is 0 Å². The fourth-order valence-electron chi connectivity index (χ4n) is 4.67. The molecule has 178 valence electrons. The van der Waals surface area contributed by atoms with E-state index < -0.39 is 0 Å². The minimum Gasteiger partial charge on any atom is -0.360 e. The van der Waals surface area contributed by atoms with Gasteiger partial charge in [-0.2, -0.15) is 10.5 Å². The van der Waals surface area contributed by atoms with Crippen LogP contribution in [-0.2, 0) is 0 Å². The van der Waals surface area contributed by atoms with E-state index in [1.807, 2.05) is 15.9 Å². The van der Waals surface area contributed by atoms with Crippen LogP contribution in [-0.4, -0.2) is 67.4 Å². The van der Waals surface area contributed by atoms with Gasteiger partial charge in [-0.25, -0.2) is 0 Å². The molecule has 0 radical (unpaired) electrons. The van der Waals surface area contributed by atoms with Crippen LogP contribution in [0.1, 0.15) is 78.9 Å². The SMILES string of the molecule is CC1CCCCN1C(=O)c1cc(NC=C(C#N)c2nn[nH]n2)cc(C(=O)N2CCCCC2C)c1. The van der Waals surface area contributed by atoms with Crippen molar-refractivity contribution in [2.45, 2.75) is 64.5 Å². The first-order valence-electron chi connectivity index (χ1n) is 11.9. The molecule has 2 unspecified atom stereocenters. The first kappa shape index (κ1) is 23.4. The molecule has 10 heteroatoms. The van der Waals surface area contributed by atoms with Crippen molar-refractivity contribution in [1.29, 1.82) is 5.26 Å². The third kappa shape index (κ3) is 5.09. The lowest BCUT2D eigenvalue weighted by molar-refractivity contribution is 0.0634. The maximum Gasteiger partial charge on any atom is 0.254 e. The summed E-state index contributed by atoms with van der Waals surface area (Å²) in [7, 11) is 0. The van der Waals surface area contributed by atoms with Gasteiger partial charge in [0.2, 0.25) is 5.82 Å². The normalized spacial score (nSPS) is 21.1.